The monoisotopic (exact) mass is 219 g/mol. The van der Waals surface area contributed by atoms with Crippen molar-refractivity contribution < 1.29 is 0 Å². The van der Waals surface area contributed by atoms with Gasteiger partial charge in [0.05, 0.1) is 23.1 Å². The molecule has 2 rings (SSSR count). The first kappa shape index (κ1) is 10.8. The topological polar surface area (TPSA) is 70.0 Å². The highest BCUT2D eigenvalue weighted by molar-refractivity contribution is 5.88. The molecule has 0 saturated heterocycles. The first-order valence-electron chi connectivity index (χ1n) is 5.28. The summed E-state index contributed by atoms with van der Waals surface area (Å²) in [5.74, 6) is 0. The lowest BCUT2D eigenvalue weighted by molar-refractivity contribution is 0.425. The zero-order valence-corrected chi connectivity index (χ0v) is 9.62. The van der Waals surface area contributed by atoms with E-state index in [1.807, 2.05) is 26.2 Å². The summed E-state index contributed by atoms with van der Waals surface area (Å²) in [7, 11) is 4.09. The largest absolute Gasteiger partial charge is 0.397 e. The molecule has 1 heterocycles. The molecule has 1 aromatic heterocycles. The Morgan fingerprint density at radius 3 is 3.00 bits per heavy atom. The van der Waals surface area contributed by atoms with Crippen LogP contribution >= 0.6 is 0 Å². The molecule has 0 amide bonds. The van der Waals surface area contributed by atoms with Crippen LogP contribution in [0, 0.1) is 0 Å². The third-order valence-electron chi connectivity index (χ3n) is 2.48. The summed E-state index contributed by atoms with van der Waals surface area (Å²) >= 11 is 0. The summed E-state index contributed by atoms with van der Waals surface area (Å²) < 4.78 is 0. The minimum atomic E-state index is 0.757. The number of hydrogen-bond acceptors (Lipinski definition) is 4. The lowest BCUT2D eigenvalue weighted by atomic mass is 10.2. The fraction of sp³-hybridized carbons (Fsp3) is 0.364. The average molecular weight is 219 g/mol. The van der Waals surface area contributed by atoms with Crippen molar-refractivity contribution >= 4 is 22.3 Å². The van der Waals surface area contributed by atoms with E-state index in [0.29, 0.717) is 0 Å². The van der Waals surface area contributed by atoms with Crippen LogP contribution in [0.25, 0.3) is 10.9 Å². The molecule has 5 heteroatoms. The molecule has 0 spiro atoms. The number of benzene rings is 1. The minimum absolute atomic E-state index is 0.757. The van der Waals surface area contributed by atoms with Gasteiger partial charge < -0.3 is 16.0 Å². The molecule has 0 aliphatic rings. The van der Waals surface area contributed by atoms with Crippen molar-refractivity contribution in [3.63, 3.8) is 0 Å². The van der Waals surface area contributed by atoms with E-state index < -0.39 is 0 Å². The number of nitrogens with one attached hydrogen (secondary N) is 2. The molecular weight excluding hydrogens is 202 g/mol. The zero-order valence-electron chi connectivity index (χ0n) is 9.62. The highest BCUT2D eigenvalue weighted by atomic mass is 15.1. The van der Waals surface area contributed by atoms with Crippen LogP contribution in [0.2, 0.25) is 0 Å². The maximum Gasteiger partial charge on any atom is 0.0672 e. The van der Waals surface area contributed by atoms with Crippen molar-refractivity contribution in [2.24, 2.45) is 0 Å². The molecule has 0 radical (unpaired) electrons. The van der Waals surface area contributed by atoms with Crippen molar-refractivity contribution in [1.82, 2.24) is 15.1 Å². The van der Waals surface area contributed by atoms with E-state index in [-0.39, 0.29) is 0 Å². The molecule has 0 saturated carbocycles. The molecule has 1 aromatic carbocycles. The molecule has 86 valence electrons. The first-order chi connectivity index (χ1) is 7.66. The van der Waals surface area contributed by atoms with Gasteiger partial charge >= 0.3 is 0 Å². The lowest BCUT2D eigenvalue weighted by Gasteiger charge is -2.12. The normalized spacial score (nSPS) is 11.2. The van der Waals surface area contributed by atoms with Crippen LogP contribution in [0.5, 0.6) is 0 Å². The van der Waals surface area contributed by atoms with Gasteiger partial charge in [-0.15, -0.1) is 0 Å². The number of nitrogens with two attached hydrogens (primary N) is 1. The van der Waals surface area contributed by atoms with Gasteiger partial charge in [0.2, 0.25) is 0 Å². The fourth-order valence-electron chi connectivity index (χ4n) is 1.58. The third kappa shape index (κ3) is 2.25. The zero-order chi connectivity index (χ0) is 11.5. The Bertz CT molecular complexity index is 474. The Morgan fingerprint density at radius 2 is 2.25 bits per heavy atom. The quantitative estimate of drug-likeness (QED) is 0.674. The standard InChI is InChI=1S/C11H17N5/c1-16(2)4-3-13-11-6-10-8(5-9(11)12)7-14-15-10/h5-7,13H,3-4,12H2,1-2H3,(H,14,15). The van der Waals surface area contributed by atoms with Gasteiger partial charge in [0.15, 0.2) is 0 Å². The molecule has 2 aromatic rings. The summed E-state index contributed by atoms with van der Waals surface area (Å²) in [6.45, 7) is 1.84. The van der Waals surface area contributed by atoms with Crippen molar-refractivity contribution in [1.29, 1.82) is 0 Å². The molecule has 0 bridgehead atoms. The summed E-state index contributed by atoms with van der Waals surface area (Å²) in [4.78, 5) is 2.12. The predicted octanol–water partition coefficient (Wildman–Crippen LogP) is 1.12. The molecule has 0 fully saturated rings. The summed E-state index contributed by atoms with van der Waals surface area (Å²) in [6, 6.07) is 3.92. The van der Waals surface area contributed by atoms with Crippen molar-refractivity contribution in [2.45, 2.75) is 0 Å². The van der Waals surface area contributed by atoms with Crippen molar-refractivity contribution in [3.8, 4) is 0 Å². The second-order valence-electron chi connectivity index (χ2n) is 4.13. The minimum Gasteiger partial charge on any atom is -0.397 e. The molecule has 5 nitrogen and oxygen atoms in total. The number of H-pyrrole nitrogens is 1. The Balaban J connectivity index is 2.13. The number of anilines is 2. The van der Waals surface area contributed by atoms with E-state index in [4.69, 9.17) is 5.73 Å². The molecule has 0 unspecified atom stereocenters. The van der Waals surface area contributed by atoms with Gasteiger partial charge in [-0.05, 0) is 26.2 Å². The maximum absolute atomic E-state index is 5.94. The van der Waals surface area contributed by atoms with E-state index in [2.05, 4.69) is 20.4 Å². The van der Waals surface area contributed by atoms with Crippen LogP contribution in [-0.2, 0) is 0 Å². The van der Waals surface area contributed by atoms with Crippen LogP contribution in [-0.4, -0.2) is 42.3 Å². The number of nitrogens with zero attached hydrogens (tertiary/aromatic N) is 2. The summed E-state index contributed by atoms with van der Waals surface area (Å²) in [5.41, 5.74) is 8.66. The molecule has 0 aliphatic heterocycles. The van der Waals surface area contributed by atoms with E-state index >= 15 is 0 Å². The van der Waals surface area contributed by atoms with Crippen LogP contribution in [0.4, 0.5) is 11.4 Å². The number of fused-ring (bicyclic) bond motifs is 1. The van der Waals surface area contributed by atoms with E-state index in [0.717, 1.165) is 35.4 Å². The molecular formula is C11H17N5. The van der Waals surface area contributed by atoms with Gasteiger partial charge in [-0.1, -0.05) is 0 Å². The van der Waals surface area contributed by atoms with Crippen LogP contribution in [0.3, 0.4) is 0 Å². The second kappa shape index (κ2) is 4.40. The Labute approximate surface area is 94.6 Å². The fourth-order valence-corrected chi connectivity index (χ4v) is 1.58. The summed E-state index contributed by atoms with van der Waals surface area (Å²) in [5, 5.41) is 11.3. The molecule has 0 atom stereocenters. The highest BCUT2D eigenvalue weighted by Crippen LogP contribution is 2.24. The van der Waals surface area contributed by atoms with Crippen LogP contribution in [0.1, 0.15) is 0 Å². The van der Waals surface area contributed by atoms with E-state index in [9.17, 15) is 0 Å². The van der Waals surface area contributed by atoms with Gasteiger partial charge in [-0.2, -0.15) is 5.10 Å². The molecule has 4 N–H and O–H groups in total. The Hall–Kier alpha value is -1.75. The number of aromatic amines is 1. The number of likely N-dealkylation sites (N-methyl/N-ethyl adjacent to an activating group) is 1. The Kier molecular flexibility index (Phi) is 2.96. The van der Waals surface area contributed by atoms with Crippen LogP contribution < -0.4 is 11.1 Å². The average Bonchev–Trinajstić information content (AvgIpc) is 2.64. The number of hydrogen-bond donors (Lipinski definition) is 3. The number of rotatable bonds is 4. The maximum atomic E-state index is 5.94. The predicted molar refractivity (Wildman–Crippen MR) is 67.5 cm³/mol. The van der Waals surface area contributed by atoms with Gasteiger partial charge in [-0.25, -0.2) is 0 Å². The third-order valence-corrected chi connectivity index (χ3v) is 2.48. The molecule has 0 aliphatic carbocycles. The van der Waals surface area contributed by atoms with Gasteiger partial charge in [0, 0.05) is 18.5 Å². The van der Waals surface area contributed by atoms with Crippen molar-refractivity contribution in [3.05, 3.63) is 18.3 Å². The SMILES string of the molecule is CN(C)CCNc1cc2[nH]ncc2cc1N. The molecule has 16 heavy (non-hydrogen) atoms. The van der Waals surface area contributed by atoms with Crippen LogP contribution in [0.15, 0.2) is 18.3 Å². The Morgan fingerprint density at radius 1 is 1.44 bits per heavy atom. The highest BCUT2D eigenvalue weighted by Gasteiger charge is 2.03. The first-order valence-corrected chi connectivity index (χ1v) is 5.28. The second-order valence-corrected chi connectivity index (χ2v) is 4.13. The summed E-state index contributed by atoms with van der Waals surface area (Å²) in [6.07, 6.45) is 1.77. The van der Waals surface area contributed by atoms with Gasteiger partial charge in [0.25, 0.3) is 0 Å². The van der Waals surface area contributed by atoms with E-state index in [1.165, 1.54) is 0 Å². The lowest BCUT2D eigenvalue weighted by Crippen LogP contribution is -2.21. The van der Waals surface area contributed by atoms with Crippen molar-refractivity contribution in [2.75, 3.05) is 38.2 Å². The smallest absolute Gasteiger partial charge is 0.0672 e. The van der Waals surface area contributed by atoms with Gasteiger partial charge in [0.1, 0.15) is 0 Å². The van der Waals surface area contributed by atoms with E-state index in [1.54, 1.807) is 6.20 Å². The van der Waals surface area contributed by atoms with Gasteiger partial charge in [-0.3, -0.25) is 5.10 Å². The number of nitrogen functional groups attached to an aromatic ring is 1. The number of aromatic nitrogens is 2.